The first-order valence-corrected chi connectivity index (χ1v) is 6.27. The number of aliphatic hydroxyl groups is 1. The molecule has 1 atom stereocenters. The molecule has 0 bridgehead atoms. The quantitative estimate of drug-likeness (QED) is 0.822. The molecule has 0 amide bonds. The predicted molar refractivity (Wildman–Crippen MR) is 67.7 cm³/mol. The fourth-order valence-electron chi connectivity index (χ4n) is 2.09. The van der Waals surface area contributed by atoms with Crippen LogP contribution in [0.25, 0.3) is 0 Å². The summed E-state index contributed by atoms with van der Waals surface area (Å²) in [5, 5.41) is 9.46. The van der Waals surface area contributed by atoms with Crippen LogP contribution in [-0.2, 0) is 0 Å². The first kappa shape index (κ1) is 11.5. The molecule has 1 aromatic carbocycles. The van der Waals surface area contributed by atoms with Gasteiger partial charge in [-0.3, -0.25) is 0 Å². The average Bonchev–Trinajstić information content (AvgIpc) is 3.10. The van der Waals surface area contributed by atoms with Crippen molar-refractivity contribution in [1.29, 1.82) is 0 Å². The molecule has 1 aliphatic rings. The van der Waals surface area contributed by atoms with E-state index in [4.69, 9.17) is 0 Å². The second kappa shape index (κ2) is 4.88. The van der Waals surface area contributed by atoms with Crippen LogP contribution in [0.2, 0.25) is 0 Å². The van der Waals surface area contributed by atoms with Crippen molar-refractivity contribution in [2.24, 2.45) is 0 Å². The first-order chi connectivity index (χ1) is 7.72. The van der Waals surface area contributed by atoms with Crippen molar-refractivity contribution in [3.05, 3.63) is 29.8 Å². The smallest absolute Gasteiger partial charge is 0.0761 e. The van der Waals surface area contributed by atoms with Gasteiger partial charge >= 0.3 is 0 Å². The molecule has 0 heterocycles. The molecule has 2 heteroatoms. The molecule has 2 rings (SSSR count). The number of nitrogens with zero attached hydrogens (tertiary/aromatic N) is 1. The van der Waals surface area contributed by atoms with E-state index in [0.29, 0.717) is 0 Å². The third-order valence-corrected chi connectivity index (χ3v) is 3.16. The van der Waals surface area contributed by atoms with Crippen LogP contribution in [0.15, 0.2) is 24.3 Å². The van der Waals surface area contributed by atoms with Crippen LogP contribution >= 0.6 is 0 Å². The Morgan fingerprint density at radius 1 is 1.31 bits per heavy atom. The second-order valence-electron chi connectivity index (χ2n) is 4.69. The first-order valence-electron chi connectivity index (χ1n) is 6.27. The Morgan fingerprint density at radius 2 is 1.94 bits per heavy atom. The molecule has 0 aliphatic heterocycles. The highest BCUT2D eigenvalue weighted by molar-refractivity contribution is 5.49. The van der Waals surface area contributed by atoms with Gasteiger partial charge in [0.15, 0.2) is 0 Å². The number of benzene rings is 1. The number of hydrogen-bond donors (Lipinski definition) is 1. The molecule has 0 saturated heterocycles. The van der Waals surface area contributed by atoms with Gasteiger partial charge in [-0.1, -0.05) is 19.1 Å². The Labute approximate surface area is 97.9 Å². The number of rotatable bonds is 5. The summed E-state index contributed by atoms with van der Waals surface area (Å²) in [4.78, 5) is 2.49. The Hall–Kier alpha value is -1.02. The van der Waals surface area contributed by atoms with E-state index in [-0.39, 0.29) is 6.10 Å². The minimum absolute atomic E-state index is 0.366. The molecule has 16 heavy (non-hydrogen) atoms. The van der Waals surface area contributed by atoms with Crippen LogP contribution in [0.1, 0.15) is 44.8 Å². The lowest BCUT2D eigenvalue weighted by molar-refractivity contribution is 0.199. The lowest BCUT2D eigenvalue weighted by Gasteiger charge is -2.24. The van der Waals surface area contributed by atoms with Crippen molar-refractivity contribution in [1.82, 2.24) is 0 Å². The van der Waals surface area contributed by atoms with E-state index < -0.39 is 0 Å². The van der Waals surface area contributed by atoms with Crippen LogP contribution in [0.5, 0.6) is 0 Å². The van der Waals surface area contributed by atoms with Crippen LogP contribution in [0.3, 0.4) is 0 Å². The van der Waals surface area contributed by atoms with E-state index >= 15 is 0 Å². The third kappa shape index (κ3) is 2.56. The standard InChI is InChI=1S/C14H21NO/c1-3-10-15(14-8-9-14)13-6-4-12(5-7-13)11(2)16/h4-7,11,14,16H,3,8-10H2,1-2H3. The van der Waals surface area contributed by atoms with Crippen molar-refractivity contribution < 1.29 is 5.11 Å². The van der Waals surface area contributed by atoms with Gasteiger partial charge in [-0.25, -0.2) is 0 Å². The Balaban J connectivity index is 2.11. The second-order valence-corrected chi connectivity index (χ2v) is 4.69. The van der Waals surface area contributed by atoms with Crippen LogP contribution < -0.4 is 4.90 Å². The maximum Gasteiger partial charge on any atom is 0.0761 e. The summed E-state index contributed by atoms with van der Waals surface area (Å²) < 4.78 is 0. The van der Waals surface area contributed by atoms with Crippen LogP contribution in [0.4, 0.5) is 5.69 Å². The predicted octanol–water partition coefficient (Wildman–Crippen LogP) is 3.12. The third-order valence-electron chi connectivity index (χ3n) is 3.16. The van der Waals surface area contributed by atoms with Gasteiger partial charge in [0, 0.05) is 18.3 Å². The van der Waals surface area contributed by atoms with E-state index in [2.05, 4.69) is 24.0 Å². The molecule has 0 aromatic heterocycles. The van der Waals surface area contributed by atoms with Gasteiger partial charge in [0.1, 0.15) is 0 Å². The van der Waals surface area contributed by atoms with Crippen LogP contribution in [0, 0.1) is 0 Å². The topological polar surface area (TPSA) is 23.5 Å². The molecule has 88 valence electrons. The largest absolute Gasteiger partial charge is 0.389 e. The maximum atomic E-state index is 9.46. The van der Waals surface area contributed by atoms with Crippen LogP contribution in [-0.4, -0.2) is 17.7 Å². The van der Waals surface area contributed by atoms with Crippen molar-refractivity contribution in [2.75, 3.05) is 11.4 Å². The van der Waals surface area contributed by atoms with Gasteiger partial charge in [0.25, 0.3) is 0 Å². The lowest BCUT2D eigenvalue weighted by Crippen LogP contribution is -2.26. The molecule has 0 radical (unpaired) electrons. The molecule has 1 aliphatic carbocycles. The van der Waals surface area contributed by atoms with Gasteiger partial charge in [-0.2, -0.15) is 0 Å². The number of anilines is 1. The highest BCUT2D eigenvalue weighted by Crippen LogP contribution is 2.32. The van der Waals surface area contributed by atoms with Gasteiger partial charge in [0.2, 0.25) is 0 Å². The summed E-state index contributed by atoms with van der Waals surface area (Å²) in [6.07, 6.45) is 3.49. The Kier molecular flexibility index (Phi) is 3.49. The molecular formula is C14H21NO. The zero-order valence-electron chi connectivity index (χ0n) is 10.2. The van der Waals surface area contributed by atoms with E-state index in [1.165, 1.54) is 24.9 Å². The number of aliphatic hydroxyl groups excluding tert-OH is 1. The molecule has 1 unspecified atom stereocenters. The van der Waals surface area contributed by atoms with E-state index in [9.17, 15) is 5.11 Å². The fraction of sp³-hybridized carbons (Fsp3) is 0.571. The maximum absolute atomic E-state index is 9.46. The molecule has 1 aromatic rings. The van der Waals surface area contributed by atoms with Crippen molar-refractivity contribution >= 4 is 5.69 Å². The molecule has 2 nitrogen and oxygen atoms in total. The Bertz CT molecular complexity index is 327. The fourth-order valence-corrected chi connectivity index (χ4v) is 2.09. The summed E-state index contributed by atoms with van der Waals surface area (Å²) >= 11 is 0. The van der Waals surface area contributed by atoms with E-state index in [0.717, 1.165) is 18.2 Å². The summed E-state index contributed by atoms with van der Waals surface area (Å²) in [5.74, 6) is 0. The van der Waals surface area contributed by atoms with Crippen molar-refractivity contribution in [3.63, 3.8) is 0 Å². The monoisotopic (exact) mass is 219 g/mol. The molecular weight excluding hydrogens is 198 g/mol. The zero-order valence-corrected chi connectivity index (χ0v) is 10.2. The summed E-state index contributed by atoms with van der Waals surface area (Å²) in [6, 6.07) is 9.10. The normalized spacial score (nSPS) is 17.2. The van der Waals surface area contributed by atoms with Gasteiger partial charge in [-0.05, 0) is 43.9 Å². The minimum Gasteiger partial charge on any atom is -0.389 e. The lowest BCUT2D eigenvalue weighted by atomic mass is 10.1. The molecule has 1 saturated carbocycles. The van der Waals surface area contributed by atoms with Gasteiger partial charge < -0.3 is 10.0 Å². The average molecular weight is 219 g/mol. The molecule has 1 fully saturated rings. The van der Waals surface area contributed by atoms with E-state index in [1.807, 2.05) is 12.1 Å². The summed E-state index contributed by atoms with van der Waals surface area (Å²) in [7, 11) is 0. The van der Waals surface area contributed by atoms with Gasteiger partial charge in [-0.15, -0.1) is 0 Å². The van der Waals surface area contributed by atoms with E-state index in [1.54, 1.807) is 6.92 Å². The van der Waals surface area contributed by atoms with Crippen molar-refractivity contribution in [3.8, 4) is 0 Å². The minimum atomic E-state index is -0.366. The highest BCUT2D eigenvalue weighted by atomic mass is 16.3. The highest BCUT2D eigenvalue weighted by Gasteiger charge is 2.28. The molecule has 0 spiro atoms. The molecule has 1 N–H and O–H groups in total. The summed E-state index contributed by atoms with van der Waals surface area (Å²) in [6.45, 7) is 5.16. The summed E-state index contributed by atoms with van der Waals surface area (Å²) in [5.41, 5.74) is 2.30. The zero-order chi connectivity index (χ0) is 11.5. The SMILES string of the molecule is CCCN(c1ccc(C(C)O)cc1)C1CC1. The van der Waals surface area contributed by atoms with Gasteiger partial charge in [0.05, 0.1) is 6.10 Å². The number of hydrogen-bond acceptors (Lipinski definition) is 2. The Morgan fingerprint density at radius 3 is 2.38 bits per heavy atom. The van der Waals surface area contributed by atoms with Crippen molar-refractivity contribution in [2.45, 2.75) is 45.3 Å².